The molecule has 0 atom stereocenters. The van der Waals surface area contributed by atoms with Crippen LogP contribution in [0.1, 0.15) is 11.1 Å². The zero-order chi connectivity index (χ0) is 14.7. The summed E-state index contributed by atoms with van der Waals surface area (Å²) in [6.07, 6.45) is 0. The molecule has 20 heavy (non-hydrogen) atoms. The maximum atomic E-state index is 10.7. The van der Waals surface area contributed by atoms with Gasteiger partial charge in [-0.2, -0.15) is 5.26 Å². The molecular formula is C14H10BrN3O2. The molecule has 0 fully saturated rings. The van der Waals surface area contributed by atoms with Crippen molar-refractivity contribution in [1.82, 2.24) is 0 Å². The third kappa shape index (κ3) is 3.13. The molecule has 0 aromatic heterocycles. The average molecular weight is 332 g/mol. The number of nitro groups is 1. The Balaban J connectivity index is 2.38. The van der Waals surface area contributed by atoms with Crippen LogP contribution in [0.4, 0.5) is 17.1 Å². The van der Waals surface area contributed by atoms with Gasteiger partial charge in [0.15, 0.2) is 0 Å². The van der Waals surface area contributed by atoms with Gasteiger partial charge in [0.05, 0.1) is 16.2 Å². The van der Waals surface area contributed by atoms with Crippen molar-refractivity contribution in [2.45, 2.75) is 6.92 Å². The van der Waals surface area contributed by atoms with Crippen LogP contribution in [0.2, 0.25) is 0 Å². The summed E-state index contributed by atoms with van der Waals surface area (Å²) in [6.45, 7) is 1.96. The lowest BCUT2D eigenvalue weighted by molar-refractivity contribution is -0.384. The lowest BCUT2D eigenvalue weighted by Gasteiger charge is -2.09. The number of hydrogen-bond donors (Lipinski definition) is 1. The average Bonchev–Trinajstić information content (AvgIpc) is 2.37. The van der Waals surface area contributed by atoms with E-state index in [9.17, 15) is 10.1 Å². The van der Waals surface area contributed by atoms with Gasteiger partial charge in [0, 0.05) is 22.3 Å². The minimum absolute atomic E-state index is 0.0995. The van der Waals surface area contributed by atoms with Crippen molar-refractivity contribution >= 4 is 33.0 Å². The van der Waals surface area contributed by atoms with Gasteiger partial charge in [-0.05, 0) is 36.8 Å². The Bertz CT molecular complexity index is 703. The predicted octanol–water partition coefficient (Wildman–Crippen LogP) is 4.28. The summed E-state index contributed by atoms with van der Waals surface area (Å²) in [6, 6.07) is 11.9. The number of nitriles is 1. The second kappa shape index (κ2) is 5.72. The van der Waals surface area contributed by atoms with Crippen LogP contribution in [-0.2, 0) is 0 Å². The molecule has 0 radical (unpaired) electrons. The van der Waals surface area contributed by atoms with Gasteiger partial charge in [0.2, 0.25) is 0 Å². The molecule has 0 aliphatic rings. The minimum atomic E-state index is -0.520. The lowest BCUT2D eigenvalue weighted by atomic mass is 10.1. The first-order valence-electron chi connectivity index (χ1n) is 5.72. The Morgan fingerprint density at radius 2 is 2.05 bits per heavy atom. The van der Waals surface area contributed by atoms with Gasteiger partial charge in [-0.15, -0.1) is 0 Å². The van der Waals surface area contributed by atoms with E-state index in [1.807, 2.05) is 31.2 Å². The smallest absolute Gasteiger partial charge is 0.270 e. The van der Waals surface area contributed by atoms with E-state index < -0.39 is 4.92 Å². The summed E-state index contributed by atoms with van der Waals surface area (Å²) < 4.78 is 0.917. The minimum Gasteiger partial charge on any atom is -0.354 e. The fourth-order valence-electron chi connectivity index (χ4n) is 1.81. The number of rotatable bonds is 3. The number of nitrogens with zero attached hydrogens (tertiary/aromatic N) is 2. The summed E-state index contributed by atoms with van der Waals surface area (Å²) in [7, 11) is 0. The molecule has 0 amide bonds. The molecule has 0 saturated carbocycles. The first-order chi connectivity index (χ1) is 9.49. The second-order valence-electron chi connectivity index (χ2n) is 4.24. The van der Waals surface area contributed by atoms with Crippen LogP contribution in [0.25, 0.3) is 0 Å². The van der Waals surface area contributed by atoms with Crippen LogP contribution >= 0.6 is 15.9 Å². The summed E-state index contributed by atoms with van der Waals surface area (Å²) in [5.41, 5.74) is 2.54. The van der Waals surface area contributed by atoms with Crippen molar-refractivity contribution in [2.24, 2.45) is 0 Å². The maximum Gasteiger partial charge on any atom is 0.270 e. The molecule has 1 N–H and O–H groups in total. The van der Waals surface area contributed by atoms with Gasteiger partial charge in [-0.1, -0.05) is 15.9 Å². The first-order valence-corrected chi connectivity index (χ1v) is 6.51. The number of nitro benzene ring substituents is 1. The van der Waals surface area contributed by atoms with Crippen LogP contribution in [0.15, 0.2) is 40.9 Å². The highest BCUT2D eigenvalue weighted by molar-refractivity contribution is 9.10. The SMILES string of the molecule is Cc1cc(Br)cc(Nc2ccc([N+](=O)[O-])cc2C#N)c1. The molecule has 2 aromatic rings. The normalized spacial score (nSPS) is 9.85. The molecule has 0 unspecified atom stereocenters. The highest BCUT2D eigenvalue weighted by atomic mass is 79.9. The third-order valence-electron chi connectivity index (χ3n) is 2.66. The van der Waals surface area contributed by atoms with Gasteiger partial charge < -0.3 is 5.32 Å². The number of anilines is 2. The van der Waals surface area contributed by atoms with E-state index in [1.165, 1.54) is 18.2 Å². The number of non-ortho nitro benzene ring substituents is 1. The quantitative estimate of drug-likeness (QED) is 0.672. The second-order valence-corrected chi connectivity index (χ2v) is 5.16. The van der Waals surface area contributed by atoms with E-state index in [0.717, 1.165) is 15.7 Å². The van der Waals surface area contributed by atoms with Crippen LogP contribution in [0.3, 0.4) is 0 Å². The number of aryl methyl sites for hydroxylation is 1. The highest BCUT2D eigenvalue weighted by Gasteiger charge is 2.11. The van der Waals surface area contributed by atoms with E-state index in [0.29, 0.717) is 5.69 Å². The molecule has 100 valence electrons. The van der Waals surface area contributed by atoms with Gasteiger partial charge in [-0.3, -0.25) is 10.1 Å². The molecular weight excluding hydrogens is 322 g/mol. The lowest BCUT2D eigenvalue weighted by Crippen LogP contribution is -1.96. The Kier molecular flexibility index (Phi) is 4.01. The van der Waals surface area contributed by atoms with E-state index in [2.05, 4.69) is 21.2 Å². The number of halogens is 1. The van der Waals surface area contributed by atoms with Crippen molar-refractivity contribution in [3.8, 4) is 6.07 Å². The number of hydrogen-bond acceptors (Lipinski definition) is 4. The standard InChI is InChI=1S/C14H10BrN3O2/c1-9-4-11(15)7-12(5-9)17-14-3-2-13(18(19)20)6-10(14)8-16/h2-7,17H,1H3. The Morgan fingerprint density at radius 1 is 1.30 bits per heavy atom. The molecule has 6 heteroatoms. The van der Waals surface area contributed by atoms with Gasteiger partial charge >= 0.3 is 0 Å². The summed E-state index contributed by atoms with van der Waals surface area (Å²) in [4.78, 5) is 10.2. The fourth-order valence-corrected chi connectivity index (χ4v) is 2.42. The summed E-state index contributed by atoms with van der Waals surface area (Å²) in [5, 5.41) is 22.9. The number of benzene rings is 2. The molecule has 0 aliphatic heterocycles. The molecule has 0 aliphatic carbocycles. The monoisotopic (exact) mass is 331 g/mol. The Hall–Kier alpha value is -2.39. The molecule has 0 saturated heterocycles. The zero-order valence-electron chi connectivity index (χ0n) is 10.6. The predicted molar refractivity (Wildman–Crippen MR) is 80.0 cm³/mol. The van der Waals surface area contributed by atoms with Crippen molar-refractivity contribution < 1.29 is 4.92 Å². The third-order valence-corrected chi connectivity index (χ3v) is 3.11. The van der Waals surface area contributed by atoms with Crippen molar-refractivity contribution in [2.75, 3.05) is 5.32 Å². The van der Waals surface area contributed by atoms with Gasteiger partial charge in [0.1, 0.15) is 6.07 Å². The molecule has 0 bridgehead atoms. The van der Waals surface area contributed by atoms with Crippen LogP contribution in [0, 0.1) is 28.4 Å². The van der Waals surface area contributed by atoms with Crippen LogP contribution < -0.4 is 5.32 Å². The Morgan fingerprint density at radius 3 is 2.65 bits per heavy atom. The number of nitrogens with one attached hydrogen (secondary N) is 1. The summed E-state index contributed by atoms with van der Waals surface area (Å²) in [5.74, 6) is 0. The van der Waals surface area contributed by atoms with E-state index in [4.69, 9.17) is 5.26 Å². The van der Waals surface area contributed by atoms with Crippen molar-refractivity contribution in [1.29, 1.82) is 5.26 Å². The fraction of sp³-hybridized carbons (Fsp3) is 0.0714. The zero-order valence-corrected chi connectivity index (χ0v) is 12.1. The van der Waals surface area contributed by atoms with E-state index in [-0.39, 0.29) is 11.3 Å². The maximum absolute atomic E-state index is 10.7. The molecule has 0 spiro atoms. The van der Waals surface area contributed by atoms with Crippen LogP contribution in [-0.4, -0.2) is 4.92 Å². The molecule has 2 rings (SSSR count). The van der Waals surface area contributed by atoms with E-state index in [1.54, 1.807) is 0 Å². The molecule has 0 heterocycles. The summed E-state index contributed by atoms with van der Waals surface area (Å²) >= 11 is 3.40. The molecule has 5 nitrogen and oxygen atoms in total. The van der Waals surface area contributed by atoms with Gasteiger partial charge in [-0.25, -0.2) is 0 Å². The molecule has 2 aromatic carbocycles. The van der Waals surface area contributed by atoms with Gasteiger partial charge in [0.25, 0.3) is 5.69 Å². The van der Waals surface area contributed by atoms with Crippen molar-refractivity contribution in [3.05, 3.63) is 62.1 Å². The topological polar surface area (TPSA) is 79.0 Å². The van der Waals surface area contributed by atoms with E-state index >= 15 is 0 Å². The highest BCUT2D eigenvalue weighted by Crippen LogP contribution is 2.27. The largest absolute Gasteiger partial charge is 0.354 e. The Labute approximate surface area is 124 Å². The van der Waals surface area contributed by atoms with Crippen molar-refractivity contribution in [3.63, 3.8) is 0 Å². The van der Waals surface area contributed by atoms with Crippen LogP contribution in [0.5, 0.6) is 0 Å². The first kappa shape index (κ1) is 14.0.